The van der Waals surface area contributed by atoms with Gasteiger partial charge in [0.1, 0.15) is 11.6 Å². The third-order valence-corrected chi connectivity index (χ3v) is 2.17. The van der Waals surface area contributed by atoms with Crippen molar-refractivity contribution in [3.63, 3.8) is 0 Å². The number of pyridine rings is 1. The van der Waals surface area contributed by atoms with Gasteiger partial charge in [0, 0.05) is 7.11 Å². The number of methoxy groups -OCH3 is 1. The number of ether oxygens (including phenoxy) is 1. The summed E-state index contributed by atoms with van der Waals surface area (Å²) in [6.07, 6.45) is 0.958. The topological polar surface area (TPSA) is 86.2 Å². The van der Waals surface area contributed by atoms with Gasteiger partial charge in [0.15, 0.2) is 0 Å². The van der Waals surface area contributed by atoms with Gasteiger partial charge < -0.3 is 21.5 Å². The highest BCUT2D eigenvalue weighted by Gasteiger charge is 2.06. The number of rotatable bonds is 5. The highest BCUT2D eigenvalue weighted by Crippen LogP contribution is 2.15. The Bertz CT molecular complexity index is 316. The van der Waals surface area contributed by atoms with E-state index in [1.54, 1.807) is 13.2 Å². The number of hydrogen-bond donors (Lipinski definition) is 3. The fourth-order valence-electron chi connectivity index (χ4n) is 1.24. The molecule has 5 heteroatoms. The molecule has 0 amide bonds. The van der Waals surface area contributed by atoms with Gasteiger partial charge in [0.25, 0.3) is 0 Å². The zero-order valence-electron chi connectivity index (χ0n) is 9.16. The summed E-state index contributed by atoms with van der Waals surface area (Å²) in [5.74, 6) is 1.08. The zero-order chi connectivity index (χ0) is 11.3. The van der Waals surface area contributed by atoms with E-state index < -0.39 is 0 Å². The van der Waals surface area contributed by atoms with E-state index in [1.807, 2.05) is 6.07 Å². The van der Waals surface area contributed by atoms with Gasteiger partial charge in [-0.3, -0.25) is 0 Å². The molecule has 0 spiro atoms. The summed E-state index contributed by atoms with van der Waals surface area (Å²) in [5, 5.41) is 3.23. The molecule has 0 fully saturated rings. The molecule has 0 bridgehead atoms. The van der Waals surface area contributed by atoms with Crippen molar-refractivity contribution in [2.24, 2.45) is 0 Å². The first-order valence-electron chi connectivity index (χ1n) is 4.94. The molecule has 1 rings (SSSR count). The maximum Gasteiger partial charge on any atom is 0.149 e. The first-order chi connectivity index (χ1) is 7.17. The minimum Gasteiger partial charge on any atom is -0.396 e. The minimum atomic E-state index is 0.241. The lowest BCUT2D eigenvalue weighted by molar-refractivity contribution is 0.184. The van der Waals surface area contributed by atoms with Crippen molar-refractivity contribution in [3.05, 3.63) is 12.1 Å². The van der Waals surface area contributed by atoms with Crippen LogP contribution in [0.2, 0.25) is 0 Å². The Morgan fingerprint density at radius 1 is 1.47 bits per heavy atom. The second-order valence-corrected chi connectivity index (χ2v) is 3.38. The molecule has 1 atom stereocenters. The predicted octanol–water partition coefficient (Wildman–Crippen LogP) is 1.08. The largest absolute Gasteiger partial charge is 0.396 e. The fraction of sp³-hybridized carbons (Fsp3) is 0.500. The summed E-state index contributed by atoms with van der Waals surface area (Å²) in [5.41, 5.74) is 11.7. The molecule has 1 aromatic heterocycles. The van der Waals surface area contributed by atoms with Crippen molar-refractivity contribution in [2.75, 3.05) is 30.5 Å². The van der Waals surface area contributed by atoms with E-state index in [-0.39, 0.29) is 6.04 Å². The van der Waals surface area contributed by atoms with Gasteiger partial charge in [-0.05, 0) is 18.6 Å². The summed E-state index contributed by atoms with van der Waals surface area (Å²) in [7, 11) is 1.68. The second kappa shape index (κ2) is 5.41. The Balaban J connectivity index is 2.66. The quantitative estimate of drug-likeness (QED) is 0.677. The molecule has 1 aromatic rings. The number of nitrogens with zero attached hydrogens (tertiary/aromatic N) is 1. The first-order valence-corrected chi connectivity index (χ1v) is 4.94. The summed E-state index contributed by atoms with van der Waals surface area (Å²) < 4.78 is 5.07. The monoisotopic (exact) mass is 210 g/mol. The maximum absolute atomic E-state index is 5.60. The van der Waals surface area contributed by atoms with Crippen molar-refractivity contribution < 1.29 is 4.74 Å². The van der Waals surface area contributed by atoms with Crippen LogP contribution in [-0.4, -0.2) is 24.7 Å². The molecule has 0 aliphatic rings. The van der Waals surface area contributed by atoms with Gasteiger partial charge in [0.05, 0.1) is 18.3 Å². The van der Waals surface area contributed by atoms with E-state index in [0.29, 0.717) is 18.1 Å². The molecule has 0 saturated heterocycles. The van der Waals surface area contributed by atoms with Crippen LogP contribution in [0.3, 0.4) is 0 Å². The molecule has 0 aliphatic heterocycles. The molecule has 15 heavy (non-hydrogen) atoms. The third kappa shape index (κ3) is 3.28. The van der Waals surface area contributed by atoms with Gasteiger partial charge >= 0.3 is 0 Å². The van der Waals surface area contributed by atoms with Crippen molar-refractivity contribution >= 4 is 17.3 Å². The molecule has 0 aliphatic carbocycles. The van der Waals surface area contributed by atoms with Crippen LogP contribution in [0.25, 0.3) is 0 Å². The second-order valence-electron chi connectivity index (χ2n) is 3.38. The standard InChI is InChI=1S/C10H18N4O/c1-3-7(6-15-2)13-9-5-4-8(11)10(12)14-9/h4-5,7H,3,6,11H2,1-2H3,(H3,12,13,14). The van der Waals surface area contributed by atoms with Crippen LogP contribution in [0.5, 0.6) is 0 Å². The Morgan fingerprint density at radius 3 is 2.73 bits per heavy atom. The van der Waals surface area contributed by atoms with E-state index in [4.69, 9.17) is 16.2 Å². The van der Waals surface area contributed by atoms with Crippen LogP contribution in [-0.2, 0) is 4.74 Å². The maximum atomic E-state index is 5.60. The first kappa shape index (κ1) is 11.6. The van der Waals surface area contributed by atoms with Crippen LogP contribution in [0, 0.1) is 0 Å². The number of hydrogen-bond acceptors (Lipinski definition) is 5. The van der Waals surface area contributed by atoms with Crippen LogP contribution >= 0.6 is 0 Å². The fourth-order valence-corrected chi connectivity index (χ4v) is 1.24. The third-order valence-electron chi connectivity index (χ3n) is 2.17. The van der Waals surface area contributed by atoms with Crippen molar-refractivity contribution in [3.8, 4) is 0 Å². The average molecular weight is 210 g/mol. The van der Waals surface area contributed by atoms with E-state index in [9.17, 15) is 0 Å². The number of anilines is 3. The molecule has 1 unspecified atom stereocenters. The average Bonchev–Trinajstić information content (AvgIpc) is 2.23. The summed E-state index contributed by atoms with van der Waals surface area (Å²) in [6, 6.07) is 3.79. The number of nitrogen functional groups attached to an aromatic ring is 2. The highest BCUT2D eigenvalue weighted by molar-refractivity contribution is 5.61. The Hall–Kier alpha value is -1.49. The molecule has 84 valence electrons. The number of nitrogens with two attached hydrogens (primary N) is 2. The van der Waals surface area contributed by atoms with E-state index in [0.717, 1.165) is 12.2 Å². The van der Waals surface area contributed by atoms with Crippen LogP contribution in [0.15, 0.2) is 12.1 Å². The zero-order valence-corrected chi connectivity index (χ0v) is 9.16. The molecule has 0 radical (unpaired) electrons. The summed E-state index contributed by atoms with van der Waals surface area (Å²) in [4.78, 5) is 4.13. The molecular formula is C10H18N4O. The van der Waals surface area contributed by atoms with E-state index in [1.165, 1.54) is 0 Å². The van der Waals surface area contributed by atoms with Crippen LogP contribution in [0.1, 0.15) is 13.3 Å². The molecular weight excluding hydrogens is 192 g/mol. The van der Waals surface area contributed by atoms with Crippen molar-refractivity contribution in [1.82, 2.24) is 4.98 Å². The van der Waals surface area contributed by atoms with Crippen LogP contribution < -0.4 is 16.8 Å². The lowest BCUT2D eigenvalue weighted by Gasteiger charge is -2.16. The van der Waals surface area contributed by atoms with Gasteiger partial charge in [-0.2, -0.15) is 0 Å². The summed E-state index contributed by atoms with van der Waals surface area (Å²) in [6.45, 7) is 2.72. The molecule has 0 saturated carbocycles. The normalized spacial score (nSPS) is 12.4. The highest BCUT2D eigenvalue weighted by atomic mass is 16.5. The van der Waals surface area contributed by atoms with E-state index >= 15 is 0 Å². The summed E-state index contributed by atoms with van der Waals surface area (Å²) >= 11 is 0. The lowest BCUT2D eigenvalue weighted by Crippen LogP contribution is -2.24. The van der Waals surface area contributed by atoms with Crippen molar-refractivity contribution in [1.29, 1.82) is 0 Å². The Morgan fingerprint density at radius 2 is 2.20 bits per heavy atom. The molecule has 5 nitrogen and oxygen atoms in total. The van der Waals surface area contributed by atoms with Crippen LogP contribution in [0.4, 0.5) is 17.3 Å². The molecule has 5 N–H and O–H groups in total. The lowest BCUT2D eigenvalue weighted by atomic mass is 10.2. The van der Waals surface area contributed by atoms with Crippen molar-refractivity contribution in [2.45, 2.75) is 19.4 Å². The minimum absolute atomic E-state index is 0.241. The SMILES string of the molecule is CCC(COC)Nc1ccc(N)c(N)n1. The predicted molar refractivity (Wildman–Crippen MR) is 62.6 cm³/mol. The molecule has 0 aromatic carbocycles. The van der Waals surface area contributed by atoms with Gasteiger partial charge in [-0.1, -0.05) is 6.92 Å². The number of nitrogens with one attached hydrogen (secondary N) is 1. The number of aromatic nitrogens is 1. The Kier molecular flexibility index (Phi) is 4.17. The molecule has 1 heterocycles. The smallest absolute Gasteiger partial charge is 0.149 e. The van der Waals surface area contributed by atoms with Gasteiger partial charge in [-0.15, -0.1) is 0 Å². The Labute approximate surface area is 89.8 Å². The van der Waals surface area contributed by atoms with Gasteiger partial charge in [-0.25, -0.2) is 4.98 Å². The van der Waals surface area contributed by atoms with E-state index in [2.05, 4.69) is 17.2 Å². The van der Waals surface area contributed by atoms with Gasteiger partial charge in [0.2, 0.25) is 0 Å².